The Morgan fingerprint density at radius 1 is 1.60 bits per heavy atom. The molecular formula is C11H8BrClO2. The van der Waals surface area contributed by atoms with Crippen molar-refractivity contribution >= 4 is 33.5 Å². The average molecular weight is 288 g/mol. The van der Waals surface area contributed by atoms with Crippen LogP contribution in [0.1, 0.15) is 12.5 Å². The summed E-state index contributed by atoms with van der Waals surface area (Å²) in [5.41, 5.74) is 0.596. The highest BCUT2D eigenvalue weighted by molar-refractivity contribution is 9.10. The van der Waals surface area contributed by atoms with Crippen LogP contribution in [-0.2, 0) is 9.53 Å². The van der Waals surface area contributed by atoms with Gasteiger partial charge in [0.1, 0.15) is 0 Å². The largest absolute Gasteiger partial charge is 0.456 e. The van der Waals surface area contributed by atoms with Gasteiger partial charge in [-0.3, -0.25) is 0 Å². The zero-order valence-corrected chi connectivity index (χ0v) is 10.4. The molecule has 0 saturated heterocycles. The summed E-state index contributed by atoms with van der Waals surface area (Å²) in [6.07, 6.45) is 0. The van der Waals surface area contributed by atoms with E-state index in [1.807, 2.05) is 0 Å². The summed E-state index contributed by atoms with van der Waals surface area (Å²) in [5.74, 6) is 4.46. The molecule has 2 nitrogen and oxygen atoms in total. The highest BCUT2D eigenvalue weighted by Gasteiger charge is 1.98. The Kier molecular flexibility index (Phi) is 4.67. The average Bonchev–Trinajstić information content (AvgIpc) is 2.20. The van der Waals surface area contributed by atoms with Gasteiger partial charge in [-0.25, -0.2) is 4.79 Å². The van der Waals surface area contributed by atoms with E-state index in [2.05, 4.69) is 32.5 Å². The fourth-order valence-electron chi connectivity index (χ4n) is 0.879. The molecule has 0 aliphatic rings. The molecule has 0 radical (unpaired) electrons. The van der Waals surface area contributed by atoms with Crippen molar-refractivity contribution in [2.45, 2.75) is 6.92 Å². The molecule has 0 aromatic heterocycles. The van der Waals surface area contributed by atoms with Gasteiger partial charge in [0.25, 0.3) is 0 Å². The van der Waals surface area contributed by atoms with Crippen LogP contribution in [0.15, 0.2) is 22.7 Å². The van der Waals surface area contributed by atoms with Crippen molar-refractivity contribution < 1.29 is 9.53 Å². The molecular weight excluding hydrogens is 279 g/mol. The summed E-state index contributed by atoms with van der Waals surface area (Å²) >= 11 is 9.17. The van der Waals surface area contributed by atoms with E-state index in [-0.39, 0.29) is 0 Å². The fraction of sp³-hybridized carbons (Fsp3) is 0.182. The molecule has 1 aromatic carbocycles. The lowest BCUT2D eigenvalue weighted by molar-refractivity contribution is -0.136. The maximum atomic E-state index is 11.0. The topological polar surface area (TPSA) is 26.3 Å². The summed E-state index contributed by atoms with van der Waals surface area (Å²) in [6, 6.07) is 5.26. The van der Waals surface area contributed by atoms with Crippen LogP contribution in [0.25, 0.3) is 0 Å². The summed E-state index contributed by atoms with van der Waals surface area (Å²) in [7, 11) is 0. The summed E-state index contributed by atoms with van der Waals surface area (Å²) in [5, 5.41) is 0.509. The molecule has 0 heterocycles. The Labute approximate surface area is 102 Å². The van der Waals surface area contributed by atoms with E-state index in [1.54, 1.807) is 25.1 Å². The van der Waals surface area contributed by atoms with Crippen molar-refractivity contribution in [3.05, 3.63) is 33.3 Å². The second kappa shape index (κ2) is 5.79. The van der Waals surface area contributed by atoms with Crippen LogP contribution in [-0.4, -0.2) is 12.6 Å². The quantitative estimate of drug-likeness (QED) is 0.586. The number of carbonyl (C=O) groups excluding carboxylic acids is 1. The number of carbonyl (C=O) groups is 1. The van der Waals surface area contributed by atoms with Gasteiger partial charge in [-0.05, 0) is 25.1 Å². The standard InChI is InChI=1S/C11H8BrClO2/c1-2-15-11(14)6-3-8-7-9(12)4-5-10(8)13/h4-5,7H,2H2,1H3. The van der Waals surface area contributed by atoms with E-state index in [4.69, 9.17) is 11.6 Å². The lowest BCUT2D eigenvalue weighted by atomic mass is 10.2. The number of hydrogen-bond donors (Lipinski definition) is 0. The summed E-state index contributed by atoms with van der Waals surface area (Å²) < 4.78 is 5.53. The van der Waals surface area contributed by atoms with E-state index in [0.29, 0.717) is 17.2 Å². The lowest BCUT2D eigenvalue weighted by Crippen LogP contribution is -1.99. The molecule has 0 fully saturated rings. The molecule has 0 amide bonds. The Hall–Kier alpha value is -0.980. The van der Waals surface area contributed by atoms with Gasteiger partial charge in [-0.15, -0.1) is 0 Å². The molecule has 0 unspecified atom stereocenters. The van der Waals surface area contributed by atoms with Crippen LogP contribution in [0.5, 0.6) is 0 Å². The highest BCUT2D eigenvalue weighted by atomic mass is 79.9. The zero-order chi connectivity index (χ0) is 11.3. The van der Waals surface area contributed by atoms with Crippen LogP contribution in [0.2, 0.25) is 5.02 Å². The number of esters is 1. The summed E-state index contributed by atoms with van der Waals surface area (Å²) in [6.45, 7) is 2.05. The van der Waals surface area contributed by atoms with Crippen LogP contribution in [0, 0.1) is 11.8 Å². The molecule has 1 rings (SSSR count). The van der Waals surface area contributed by atoms with Crippen molar-refractivity contribution in [1.82, 2.24) is 0 Å². The minimum absolute atomic E-state index is 0.319. The van der Waals surface area contributed by atoms with Gasteiger partial charge >= 0.3 is 5.97 Å². The monoisotopic (exact) mass is 286 g/mol. The second-order valence-electron chi connectivity index (χ2n) is 2.59. The molecule has 0 bridgehead atoms. The van der Waals surface area contributed by atoms with Crippen molar-refractivity contribution in [3.8, 4) is 11.8 Å². The number of hydrogen-bond acceptors (Lipinski definition) is 2. The lowest BCUT2D eigenvalue weighted by Gasteiger charge is -1.96. The first kappa shape index (κ1) is 12.1. The van der Waals surface area contributed by atoms with Crippen LogP contribution in [0.4, 0.5) is 0 Å². The smallest absolute Gasteiger partial charge is 0.384 e. The van der Waals surface area contributed by atoms with Crippen LogP contribution >= 0.6 is 27.5 Å². The molecule has 0 aliphatic carbocycles. The Morgan fingerprint density at radius 2 is 2.33 bits per heavy atom. The van der Waals surface area contributed by atoms with Crippen LogP contribution < -0.4 is 0 Å². The number of rotatable bonds is 1. The molecule has 4 heteroatoms. The third-order valence-corrected chi connectivity index (χ3v) is 2.33. The van der Waals surface area contributed by atoms with Gasteiger partial charge in [-0.1, -0.05) is 33.5 Å². The SMILES string of the molecule is CCOC(=O)C#Cc1cc(Br)ccc1Cl. The third kappa shape index (κ3) is 3.94. The maximum absolute atomic E-state index is 11.0. The van der Waals surface area contributed by atoms with E-state index in [9.17, 15) is 4.79 Å². The number of halogens is 2. The third-order valence-electron chi connectivity index (χ3n) is 1.50. The van der Waals surface area contributed by atoms with E-state index < -0.39 is 5.97 Å². The Morgan fingerprint density at radius 3 is 3.00 bits per heavy atom. The van der Waals surface area contributed by atoms with Gasteiger partial charge in [0, 0.05) is 16.0 Å². The predicted molar refractivity (Wildman–Crippen MR) is 62.7 cm³/mol. The minimum atomic E-state index is -0.548. The first-order chi connectivity index (χ1) is 7.13. The van der Waals surface area contributed by atoms with Gasteiger partial charge in [0.15, 0.2) is 0 Å². The van der Waals surface area contributed by atoms with Crippen molar-refractivity contribution in [3.63, 3.8) is 0 Å². The molecule has 78 valence electrons. The number of ether oxygens (including phenoxy) is 1. The predicted octanol–water partition coefficient (Wildman–Crippen LogP) is 3.02. The zero-order valence-electron chi connectivity index (χ0n) is 8.01. The second-order valence-corrected chi connectivity index (χ2v) is 3.92. The maximum Gasteiger partial charge on any atom is 0.384 e. The van der Waals surface area contributed by atoms with Gasteiger partial charge < -0.3 is 4.74 Å². The molecule has 0 atom stereocenters. The first-order valence-electron chi connectivity index (χ1n) is 4.27. The molecule has 0 N–H and O–H groups in total. The fourth-order valence-corrected chi connectivity index (χ4v) is 1.40. The normalized spacial score (nSPS) is 9.00. The van der Waals surface area contributed by atoms with Gasteiger partial charge in [0.05, 0.1) is 11.6 Å². The molecule has 0 saturated carbocycles. The Bertz CT molecular complexity index is 432. The highest BCUT2D eigenvalue weighted by Crippen LogP contribution is 2.19. The molecule has 1 aromatic rings. The van der Waals surface area contributed by atoms with Crippen molar-refractivity contribution in [2.24, 2.45) is 0 Å². The van der Waals surface area contributed by atoms with Crippen molar-refractivity contribution in [2.75, 3.05) is 6.61 Å². The molecule has 0 spiro atoms. The van der Waals surface area contributed by atoms with E-state index >= 15 is 0 Å². The minimum Gasteiger partial charge on any atom is -0.456 e. The van der Waals surface area contributed by atoms with Crippen LogP contribution in [0.3, 0.4) is 0 Å². The van der Waals surface area contributed by atoms with E-state index in [0.717, 1.165) is 4.47 Å². The van der Waals surface area contributed by atoms with E-state index in [1.165, 1.54) is 0 Å². The van der Waals surface area contributed by atoms with Gasteiger partial charge in [0.2, 0.25) is 0 Å². The first-order valence-corrected chi connectivity index (χ1v) is 5.44. The number of benzene rings is 1. The Balaban J connectivity index is 2.88. The van der Waals surface area contributed by atoms with Gasteiger partial charge in [-0.2, -0.15) is 0 Å². The molecule has 0 aliphatic heterocycles. The van der Waals surface area contributed by atoms with Crippen molar-refractivity contribution in [1.29, 1.82) is 0 Å². The summed E-state index contributed by atoms with van der Waals surface area (Å²) in [4.78, 5) is 11.0. The molecule has 15 heavy (non-hydrogen) atoms.